The summed E-state index contributed by atoms with van der Waals surface area (Å²) in [5.41, 5.74) is 6.00. The first-order valence-electron chi connectivity index (χ1n) is 3.26. The number of halogens is 1. The van der Waals surface area contributed by atoms with Crippen LogP contribution >= 0.6 is 23.7 Å². The van der Waals surface area contributed by atoms with Gasteiger partial charge in [0.2, 0.25) is 0 Å². The van der Waals surface area contributed by atoms with Gasteiger partial charge in [0, 0.05) is 17.2 Å². The van der Waals surface area contributed by atoms with Crippen molar-refractivity contribution in [2.75, 3.05) is 5.73 Å². The average molecular weight is 208 g/mol. The normalized spacial score (nSPS) is 8.75. The Morgan fingerprint density at radius 2 is 2.33 bits per heavy atom. The minimum atomic E-state index is -0.255. The van der Waals surface area contributed by atoms with Gasteiger partial charge in [0.25, 0.3) is 0 Å². The Labute approximate surface area is 80.9 Å². The number of hydrogen-bond donors (Lipinski definition) is 1. The number of ether oxygens (including phenoxy) is 1. The van der Waals surface area contributed by atoms with Crippen LogP contribution in [-0.2, 0) is 4.79 Å². The monoisotopic (exact) mass is 207 g/mol. The third-order valence-electron chi connectivity index (χ3n) is 1.17. The third-order valence-corrected chi connectivity index (χ3v) is 1.91. The topological polar surface area (TPSA) is 52.3 Å². The summed E-state index contributed by atoms with van der Waals surface area (Å²) in [6.07, 6.45) is 0.370. The Morgan fingerprint density at radius 3 is 2.75 bits per heavy atom. The zero-order valence-electron chi connectivity index (χ0n) is 6.57. The Hall–Kier alpha value is -0.740. The van der Waals surface area contributed by atoms with Gasteiger partial charge in [-0.25, -0.2) is 0 Å². The minimum absolute atomic E-state index is 0. The molecule has 0 unspecified atom stereocenters. The van der Waals surface area contributed by atoms with Crippen molar-refractivity contribution in [2.24, 2.45) is 0 Å². The summed E-state index contributed by atoms with van der Waals surface area (Å²) in [7, 11) is 0. The van der Waals surface area contributed by atoms with Crippen molar-refractivity contribution in [1.82, 2.24) is 0 Å². The molecule has 0 spiro atoms. The number of nitrogen functional groups attached to an aromatic ring is 1. The Kier molecular flexibility index (Phi) is 4.70. The number of esters is 1. The van der Waals surface area contributed by atoms with Gasteiger partial charge in [-0.1, -0.05) is 6.92 Å². The van der Waals surface area contributed by atoms with E-state index in [2.05, 4.69) is 0 Å². The highest BCUT2D eigenvalue weighted by atomic mass is 35.5. The van der Waals surface area contributed by atoms with Crippen LogP contribution in [0.4, 0.5) is 5.69 Å². The van der Waals surface area contributed by atoms with Crippen molar-refractivity contribution >= 4 is 35.4 Å². The SMILES string of the molecule is CCC(=O)Oc1cscc1N.Cl. The fourth-order valence-electron chi connectivity index (χ4n) is 0.573. The number of carbonyl (C=O) groups is 1. The fourth-order valence-corrected chi connectivity index (χ4v) is 1.21. The highest BCUT2D eigenvalue weighted by Gasteiger charge is 2.04. The molecule has 0 aliphatic heterocycles. The highest BCUT2D eigenvalue weighted by molar-refractivity contribution is 7.08. The highest BCUT2D eigenvalue weighted by Crippen LogP contribution is 2.25. The molecule has 1 rings (SSSR count). The summed E-state index contributed by atoms with van der Waals surface area (Å²) in [5, 5.41) is 3.45. The number of anilines is 1. The van der Waals surface area contributed by atoms with E-state index in [1.165, 1.54) is 11.3 Å². The molecule has 1 aromatic heterocycles. The van der Waals surface area contributed by atoms with E-state index in [4.69, 9.17) is 10.5 Å². The van der Waals surface area contributed by atoms with Gasteiger partial charge in [-0.2, -0.15) is 0 Å². The van der Waals surface area contributed by atoms with E-state index < -0.39 is 0 Å². The summed E-state index contributed by atoms with van der Waals surface area (Å²) in [6.45, 7) is 1.74. The predicted molar refractivity (Wildman–Crippen MR) is 51.9 cm³/mol. The van der Waals surface area contributed by atoms with Gasteiger partial charge in [-0.15, -0.1) is 23.7 Å². The van der Waals surface area contributed by atoms with Gasteiger partial charge in [0.05, 0.1) is 5.69 Å². The third kappa shape index (κ3) is 2.71. The van der Waals surface area contributed by atoms with Crippen LogP contribution in [0.5, 0.6) is 5.75 Å². The molecule has 3 nitrogen and oxygen atoms in total. The molecular weight excluding hydrogens is 198 g/mol. The van der Waals surface area contributed by atoms with Crippen molar-refractivity contribution in [1.29, 1.82) is 0 Å². The summed E-state index contributed by atoms with van der Waals surface area (Å²) in [6, 6.07) is 0. The maximum atomic E-state index is 10.8. The van der Waals surface area contributed by atoms with Crippen LogP contribution in [0.2, 0.25) is 0 Å². The molecule has 12 heavy (non-hydrogen) atoms. The lowest BCUT2D eigenvalue weighted by Gasteiger charge is -1.99. The zero-order chi connectivity index (χ0) is 8.27. The molecule has 0 fully saturated rings. The number of hydrogen-bond acceptors (Lipinski definition) is 4. The van der Waals surface area contributed by atoms with Gasteiger partial charge in [0.15, 0.2) is 5.75 Å². The van der Waals surface area contributed by atoms with E-state index in [1.54, 1.807) is 17.7 Å². The standard InChI is InChI=1S/C7H9NO2S.ClH/c1-2-7(9)10-6-4-11-3-5(6)8;/h3-4H,2,8H2,1H3;1H. The fraction of sp³-hybridized carbons (Fsp3) is 0.286. The maximum absolute atomic E-state index is 10.8. The molecule has 0 aromatic carbocycles. The lowest BCUT2D eigenvalue weighted by molar-refractivity contribution is -0.133. The van der Waals surface area contributed by atoms with Gasteiger partial charge in [-0.05, 0) is 0 Å². The maximum Gasteiger partial charge on any atom is 0.310 e. The van der Waals surface area contributed by atoms with Crippen LogP contribution < -0.4 is 10.5 Å². The molecule has 0 atom stereocenters. The first-order chi connectivity index (χ1) is 5.24. The van der Waals surface area contributed by atoms with Crippen LogP contribution in [-0.4, -0.2) is 5.97 Å². The summed E-state index contributed by atoms with van der Waals surface area (Å²) in [4.78, 5) is 10.8. The van der Waals surface area contributed by atoms with E-state index in [9.17, 15) is 4.79 Å². The van der Waals surface area contributed by atoms with E-state index in [-0.39, 0.29) is 18.4 Å². The Bertz CT molecular complexity index is 262. The van der Waals surface area contributed by atoms with Crippen molar-refractivity contribution in [3.8, 4) is 5.75 Å². The summed E-state index contributed by atoms with van der Waals surface area (Å²) in [5.74, 6) is 0.219. The van der Waals surface area contributed by atoms with E-state index >= 15 is 0 Å². The molecule has 0 saturated carbocycles. The van der Waals surface area contributed by atoms with Crippen molar-refractivity contribution in [2.45, 2.75) is 13.3 Å². The molecule has 1 aromatic rings. The van der Waals surface area contributed by atoms with Crippen LogP contribution in [0, 0.1) is 0 Å². The number of carbonyl (C=O) groups excluding carboxylic acids is 1. The predicted octanol–water partition coefficient (Wildman–Crippen LogP) is 2.07. The lowest BCUT2D eigenvalue weighted by Crippen LogP contribution is -2.05. The van der Waals surface area contributed by atoms with Gasteiger partial charge in [0.1, 0.15) is 0 Å². The Balaban J connectivity index is 0.00000121. The lowest BCUT2D eigenvalue weighted by atomic mass is 10.5. The molecule has 0 radical (unpaired) electrons. The van der Waals surface area contributed by atoms with Crippen LogP contribution in [0.25, 0.3) is 0 Å². The van der Waals surface area contributed by atoms with Gasteiger partial charge in [-0.3, -0.25) is 4.79 Å². The Morgan fingerprint density at radius 1 is 1.67 bits per heavy atom. The zero-order valence-corrected chi connectivity index (χ0v) is 8.21. The van der Waals surface area contributed by atoms with Crippen molar-refractivity contribution in [3.63, 3.8) is 0 Å². The van der Waals surface area contributed by atoms with Crippen LogP contribution in [0.1, 0.15) is 13.3 Å². The van der Waals surface area contributed by atoms with E-state index in [1.807, 2.05) is 0 Å². The van der Waals surface area contributed by atoms with Gasteiger partial charge >= 0.3 is 5.97 Å². The smallest absolute Gasteiger partial charge is 0.310 e. The molecule has 0 amide bonds. The second kappa shape index (κ2) is 5.00. The molecule has 0 aliphatic carbocycles. The molecule has 5 heteroatoms. The van der Waals surface area contributed by atoms with Crippen molar-refractivity contribution < 1.29 is 9.53 Å². The number of nitrogens with two attached hydrogens (primary N) is 1. The largest absolute Gasteiger partial charge is 0.423 e. The van der Waals surface area contributed by atoms with E-state index in [0.29, 0.717) is 17.9 Å². The first-order valence-corrected chi connectivity index (χ1v) is 4.20. The molecule has 68 valence electrons. The van der Waals surface area contributed by atoms with Crippen molar-refractivity contribution in [3.05, 3.63) is 10.8 Å². The second-order valence-corrected chi connectivity index (χ2v) is 2.76. The average Bonchev–Trinajstić information content (AvgIpc) is 2.37. The quantitative estimate of drug-likeness (QED) is 0.756. The van der Waals surface area contributed by atoms with Crippen LogP contribution in [0.15, 0.2) is 10.8 Å². The first kappa shape index (κ1) is 11.3. The molecule has 2 N–H and O–H groups in total. The number of rotatable bonds is 2. The number of thiophene rings is 1. The van der Waals surface area contributed by atoms with Gasteiger partial charge < -0.3 is 10.5 Å². The molecule has 1 heterocycles. The minimum Gasteiger partial charge on any atom is -0.423 e. The van der Waals surface area contributed by atoms with E-state index in [0.717, 1.165) is 0 Å². The molecule has 0 aliphatic rings. The van der Waals surface area contributed by atoms with Crippen LogP contribution in [0.3, 0.4) is 0 Å². The summed E-state index contributed by atoms with van der Waals surface area (Å²) >= 11 is 1.42. The molecule has 0 bridgehead atoms. The molecule has 0 saturated heterocycles. The summed E-state index contributed by atoms with van der Waals surface area (Å²) < 4.78 is 4.88. The second-order valence-electron chi connectivity index (χ2n) is 2.02. The molecular formula is C7H10ClNO2S.